The highest BCUT2D eigenvalue weighted by Gasteiger charge is 2.46. The first-order valence-corrected chi connectivity index (χ1v) is 28.2. The number of nitrogens with zero attached hydrogens (tertiary/aromatic N) is 5. The Hall–Kier alpha value is -8.04. The number of aliphatic hydroxyl groups excluding tert-OH is 2. The maximum atomic E-state index is 14.3. The van der Waals surface area contributed by atoms with Crippen LogP contribution in [0.25, 0.3) is 0 Å². The van der Waals surface area contributed by atoms with E-state index in [4.69, 9.17) is 40.1 Å². The molecule has 2 aliphatic rings. The fraction of sp³-hybridized carbons (Fsp3) is 0.627. The minimum absolute atomic E-state index is 0.0420. The van der Waals surface area contributed by atoms with E-state index in [2.05, 4.69) is 64.8 Å². The van der Waals surface area contributed by atoms with E-state index in [1.54, 1.807) is 44.2 Å². The van der Waals surface area contributed by atoms with Gasteiger partial charge in [0.1, 0.15) is 48.3 Å². The lowest BCUT2D eigenvalue weighted by Crippen LogP contribution is -2.60. The number of amides is 9. The lowest BCUT2D eigenvalue weighted by molar-refractivity contribution is -0.148. The molecule has 2 heterocycles. The molecule has 1 aromatic carbocycles. The highest BCUT2D eigenvalue weighted by molar-refractivity contribution is 7.80. The third-order valence-electron chi connectivity index (χ3n) is 13.4. The normalized spacial score (nSPS) is 18.0. The van der Waals surface area contributed by atoms with Gasteiger partial charge in [-0.2, -0.15) is 12.6 Å². The summed E-state index contributed by atoms with van der Waals surface area (Å²) in [4.78, 5) is 150. The first kappa shape index (κ1) is 70.2. The van der Waals surface area contributed by atoms with Crippen LogP contribution in [0.3, 0.4) is 0 Å². The van der Waals surface area contributed by atoms with Gasteiger partial charge in [0.2, 0.25) is 53.2 Å². The molecule has 32 nitrogen and oxygen atoms in total. The molecule has 0 saturated carbocycles. The molecule has 2 fully saturated rings. The molecule has 84 heavy (non-hydrogen) atoms. The predicted molar refractivity (Wildman–Crippen MR) is 311 cm³/mol. The number of nitrogens with two attached hydrogens (primary N) is 7. The van der Waals surface area contributed by atoms with Gasteiger partial charge in [-0.3, -0.25) is 58.1 Å². The Morgan fingerprint density at radius 3 is 1.73 bits per heavy atom. The van der Waals surface area contributed by atoms with Gasteiger partial charge in [-0.05, 0) is 69.3 Å². The van der Waals surface area contributed by atoms with Crippen LogP contribution >= 0.6 is 12.6 Å². The van der Waals surface area contributed by atoms with Crippen molar-refractivity contribution < 1.29 is 63.3 Å². The summed E-state index contributed by atoms with van der Waals surface area (Å²) in [5, 5.41) is 48.2. The van der Waals surface area contributed by atoms with Crippen LogP contribution in [0.15, 0.2) is 45.3 Å². The first-order chi connectivity index (χ1) is 39.8. The van der Waals surface area contributed by atoms with Crippen LogP contribution < -0.4 is 77.4 Å². The van der Waals surface area contributed by atoms with E-state index >= 15 is 0 Å². The van der Waals surface area contributed by atoms with E-state index in [-0.39, 0.29) is 120 Å². The minimum atomic E-state index is -1.71. The van der Waals surface area contributed by atoms with E-state index < -0.39 is 133 Å². The zero-order valence-corrected chi connectivity index (χ0v) is 48.2. The highest BCUT2D eigenvalue weighted by atomic mass is 32.1. The Labute approximate surface area is 491 Å². The van der Waals surface area contributed by atoms with Crippen LogP contribution in [0.4, 0.5) is 0 Å². The van der Waals surface area contributed by atoms with E-state index in [0.29, 0.717) is 18.4 Å². The van der Waals surface area contributed by atoms with Crippen LogP contribution in [0.5, 0.6) is 0 Å². The van der Waals surface area contributed by atoms with Gasteiger partial charge in [-0.25, -0.2) is 4.79 Å². The molecule has 10 atom stereocenters. The average Bonchev–Trinajstić information content (AvgIpc) is 2.89. The second-order valence-electron chi connectivity index (χ2n) is 20.7. The van der Waals surface area contributed by atoms with Crippen molar-refractivity contribution in [2.75, 3.05) is 51.6 Å². The van der Waals surface area contributed by atoms with Crippen molar-refractivity contribution >= 4 is 89.6 Å². The lowest BCUT2D eigenvalue weighted by atomic mass is 10.00. The predicted octanol–water partition coefficient (Wildman–Crippen LogP) is -7.25. The molecule has 1 aromatic rings. The molecule has 0 aliphatic carbocycles. The van der Waals surface area contributed by atoms with Crippen LogP contribution in [0.1, 0.15) is 83.6 Å². The smallest absolute Gasteiger partial charge is 0.326 e. The van der Waals surface area contributed by atoms with E-state index in [9.17, 15) is 63.3 Å². The molecule has 0 radical (unpaired) electrons. The number of carboxylic acid groups (broad SMARTS) is 1. The number of aliphatic carboxylic acids is 1. The number of aliphatic hydroxyl groups is 2. The summed E-state index contributed by atoms with van der Waals surface area (Å²) >= 11 is 4.17. The summed E-state index contributed by atoms with van der Waals surface area (Å²) in [6.45, 7) is 2.08. The van der Waals surface area contributed by atoms with E-state index in [1.165, 1.54) is 4.90 Å². The van der Waals surface area contributed by atoms with Gasteiger partial charge in [0, 0.05) is 51.3 Å². The number of β-amino-alcohol motifs (C(OH)–C–C–N with tert-alkyl or cyclic N) is 1. The summed E-state index contributed by atoms with van der Waals surface area (Å²) in [6, 6.07) is -3.40. The SMILES string of the molecule is CC(C)C[C@H](NC(=O)[C@@H](Cc1ccccc1)NC(=O)[C@H](CO)NC(=O)[C@H](CS)NC(=O)CNC(=O)[C@@H]1C[C@@H](O)CN1C(=O)[C@@H]1CCCN1C(=O)[C@H](CCCN=C(N)N)NC(=O)[C@H](N)CCCN=C(N)N)C(=O)N[C@@H](CCCN=C(N)N)C(=O)O. The number of guanidine groups is 3. The molecular formula is C51H85N19O13S. The fourth-order valence-corrected chi connectivity index (χ4v) is 9.46. The first-order valence-electron chi connectivity index (χ1n) is 27.5. The number of hydrogen-bond acceptors (Lipinski definition) is 17. The highest BCUT2D eigenvalue weighted by Crippen LogP contribution is 2.27. The lowest BCUT2D eigenvalue weighted by Gasteiger charge is -2.33. The Morgan fingerprint density at radius 1 is 0.655 bits per heavy atom. The number of thiol groups is 1. The van der Waals surface area contributed by atoms with Crippen molar-refractivity contribution in [1.82, 2.24) is 47.0 Å². The summed E-state index contributed by atoms with van der Waals surface area (Å²) in [6.07, 6.45) is 0.134. The number of benzene rings is 1. The number of aliphatic imine (C=N–C) groups is 3. The molecule has 0 bridgehead atoms. The monoisotopic (exact) mass is 1200 g/mol. The topological polar surface area (TPSA) is 541 Å². The maximum absolute atomic E-state index is 14.3. The van der Waals surface area contributed by atoms with Gasteiger partial charge >= 0.3 is 5.97 Å². The van der Waals surface area contributed by atoms with Crippen molar-refractivity contribution in [2.45, 2.75) is 145 Å². The number of carbonyl (C=O) groups is 10. The van der Waals surface area contributed by atoms with Gasteiger partial charge in [0.05, 0.1) is 25.3 Å². The molecule has 2 saturated heterocycles. The Balaban J connectivity index is 1.69. The summed E-state index contributed by atoms with van der Waals surface area (Å²) in [5.74, 6) is -9.77. The molecule has 33 heteroatoms. The number of nitrogens with one attached hydrogen (secondary N) is 7. The van der Waals surface area contributed by atoms with Gasteiger partial charge in [0.15, 0.2) is 17.9 Å². The molecule has 9 amide bonds. The van der Waals surface area contributed by atoms with Gasteiger partial charge < -0.3 is 102 Å². The molecule has 0 spiro atoms. The fourth-order valence-electron chi connectivity index (χ4n) is 9.21. The Kier molecular flexibility index (Phi) is 30.0. The molecule has 0 aromatic heterocycles. The van der Waals surface area contributed by atoms with Gasteiger partial charge in [0.25, 0.3) is 0 Å². The largest absolute Gasteiger partial charge is 0.480 e. The second-order valence-corrected chi connectivity index (χ2v) is 21.1. The zero-order chi connectivity index (χ0) is 62.6. The molecular weight excluding hydrogens is 1120 g/mol. The quantitative estimate of drug-likeness (QED) is 0.0130. The molecule has 0 unspecified atom stereocenters. The van der Waals surface area contributed by atoms with Crippen LogP contribution in [-0.2, 0) is 54.4 Å². The summed E-state index contributed by atoms with van der Waals surface area (Å²) < 4.78 is 0. The van der Waals surface area contributed by atoms with Crippen molar-refractivity contribution in [2.24, 2.45) is 61.0 Å². The van der Waals surface area contributed by atoms with Crippen LogP contribution in [0.2, 0.25) is 0 Å². The average molecular weight is 1200 g/mol. The number of hydrogen-bond donors (Lipinski definition) is 18. The third kappa shape index (κ3) is 24.0. The summed E-state index contributed by atoms with van der Waals surface area (Å²) in [5.41, 5.74) is 39.1. The number of carboxylic acids is 1. The number of rotatable bonds is 35. The van der Waals surface area contributed by atoms with Gasteiger partial charge in [-0.1, -0.05) is 44.2 Å². The molecule has 3 rings (SSSR count). The van der Waals surface area contributed by atoms with E-state index in [0.717, 1.165) is 4.90 Å². The van der Waals surface area contributed by atoms with Gasteiger partial charge in [-0.15, -0.1) is 0 Å². The van der Waals surface area contributed by atoms with Crippen LogP contribution in [-0.4, -0.2) is 214 Å². The number of carbonyl (C=O) groups excluding carboxylic acids is 9. The van der Waals surface area contributed by atoms with Crippen molar-refractivity contribution in [3.63, 3.8) is 0 Å². The Morgan fingerprint density at radius 2 is 1.17 bits per heavy atom. The summed E-state index contributed by atoms with van der Waals surface area (Å²) in [7, 11) is 0. The maximum Gasteiger partial charge on any atom is 0.326 e. The zero-order valence-electron chi connectivity index (χ0n) is 47.3. The second kappa shape index (κ2) is 35.8. The molecule has 2 aliphatic heterocycles. The van der Waals surface area contributed by atoms with Crippen molar-refractivity contribution in [3.05, 3.63) is 35.9 Å². The van der Waals surface area contributed by atoms with Crippen LogP contribution in [0, 0.1) is 5.92 Å². The third-order valence-corrected chi connectivity index (χ3v) is 13.8. The Bertz CT molecular complexity index is 2500. The minimum Gasteiger partial charge on any atom is -0.480 e. The standard InChI is InChI=1S/C51H85N19O13S/c1-27(2)20-33(41(75)65-32(48(82)83)14-8-18-61-51(57)58)66-42(76)34(21-28-10-4-3-5-11-28)67-43(77)35(25-71)68-44(78)36(26-84)63-39(73)23-62-45(79)38-22-29(72)24-70(38)47(81)37-15-9-19-69(37)46(80)31(13-7-17-60-50(55)56)64-40(74)30(52)12-6-16-59-49(53)54/h3-5,10-11,27,29-38,71-72,84H,6-9,12-26,52H2,1-2H3,(H,62,79)(H,63,73)(H,64,74)(H,65,75)(H,66,76)(H,67,77)(H,68,78)(H,82,83)(H4,53,54,59)(H4,55,56,60)(H4,57,58,61)/t29-,30-,31+,32+,33+,34-,35+,36+,37+,38+/m1/s1. The van der Waals surface area contributed by atoms with Crippen molar-refractivity contribution in [1.29, 1.82) is 0 Å². The molecule has 468 valence electrons. The number of likely N-dealkylation sites (tertiary alicyclic amines) is 2. The van der Waals surface area contributed by atoms with Crippen molar-refractivity contribution in [3.8, 4) is 0 Å². The molecule has 24 N–H and O–H groups in total. The van der Waals surface area contributed by atoms with E-state index in [1.807, 2.05) is 0 Å².